The minimum atomic E-state index is -0.475. The first-order chi connectivity index (χ1) is 16.0. The fourth-order valence-corrected chi connectivity index (χ4v) is 4.86. The van der Waals surface area contributed by atoms with Gasteiger partial charge in [0.05, 0.1) is 23.6 Å². The Labute approximate surface area is 202 Å². The minimum absolute atomic E-state index is 0.139. The largest absolute Gasteiger partial charge is 0.493 e. The molecule has 0 N–H and O–H groups in total. The molecule has 1 fully saturated rings. The molecule has 33 heavy (non-hydrogen) atoms. The summed E-state index contributed by atoms with van der Waals surface area (Å²) >= 11 is 6.76. The highest BCUT2D eigenvalue weighted by Crippen LogP contribution is 2.39. The lowest BCUT2D eigenvalue weighted by Gasteiger charge is -2.23. The predicted molar refractivity (Wildman–Crippen MR) is 134 cm³/mol. The van der Waals surface area contributed by atoms with E-state index >= 15 is 0 Å². The number of esters is 1. The van der Waals surface area contributed by atoms with Crippen LogP contribution in [0.4, 0.5) is 0 Å². The topological polar surface area (TPSA) is 55.8 Å². The lowest BCUT2D eigenvalue weighted by Crippen LogP contribution is -2.30. The monoisotopic (exact) mass is 475 g/mol. The van der Waals surface area contributed by atoms with Crippen molar-refractivity contribution in [2.75, 3.05) is 7.11 Å². The fourth-order valence-electron chi connectivity index (χ4n) is 3.44. The first-order valence-corrected chi connectivity index (χ1v) is 11.5. The van der Waals surface area contributed by atoms with Crippen LogP contribution in [-0.2, 0) is 4.79 Å². The molecule has 0 spiro atoms. The van der Waals surface area contributed by atoms with Crippen LogP contribution in [0.25, 0.3) is 6.08 Å². The summed E-state index contributed by atoms with van der Waals surface area (Å²) in [7, 11) is 1.50. The maximum Gasteiger partial charge on any atom is 0.343 e. The van der Waals surface area contributed by atoms with E-state index < -0.39 is 5.97 Å². The van der Waals surface area contributed by atoms with Gasteiger partial charge in [0, 0.05) is 0 Å². The number of thioether (sulfide) groups is 1. The highest BCUT2D eigenvalue weighted by atomic mass is 32.2. The Hall–Kier alpha value is -3.42. The number of nitrogens with zero attached hydrogens (tertiary/aromatic N) is 1. The average molecular weight is 476 g/mol. The van der Waals surface area contributed by atoms with Crippen molar-refractivity contribution in [1.29, 1.82) is 0 Å². The van der Waals surface area contributed by atoms with E-state index in [0.717, 1.165) is 11.1 Å². The van der Waals surface area contributed by atoms with E-state index in [1.807, 2.05) is 43.3 Å². The van der Waals surface area contributed by atoms with Gasteiger partial charge in [-0.1, -0.05) is 78.6 Å². The SMILES string of the molecule is COc1cc(/C=C2/SC(=S)N(C(C)c3ccccc3)C2=O)ccc1OC(=O)c1ccccc1. The Morgan fingerprint density at radius 1 is 1.00 bits per heavy atom. The lowest BCUT2D eigenvalue weighted by atomic mass is 10.1. The molecule has 1 heterocycles. The zero-order valence-corrected chi connectivity index (χ0v) is 19.7. The first-order valence-electron chi connectivity index (χ1n) is 10.2. The number of carbonyl (C=O) groups excluding carboxylic acids is 2. The highest BCUT2D eigenvalue weighted by Gasteiger charge is 2.35. The summed E-state index contributed by atoms with van der Waals surface area (Å²) in [6, 6.07) is 23.5. The van der Waals surface area contributed by atoms with E-state index in [4.69, 9.17) is 21.7 Å². The normalized spacial score (nSPS) is 15.6. The number of benzene rings is 3. The number of amides is 1. The highest BCUT2D eigenvalue weighted by molar-refractivity contribution is 8.26. The molecular weight excluding hydrogens is 454 g/mol. The van der Waals surface area contributed by atoms with E-state index in [-0.39, 0.29) is 11.9 Å². The molecule has 3 aromatic carbocycles. The van der Waals surface area contributed by atoms with Crippen LogP contribution in [0.1, 0.15) is 34.5 Å². The molecule has 1 amide bonds. The first kappa shape index (κ1) is 22.8. The number of hydrogen-bond donors (Lipinski definition) is 0. The molecule has 166 valence electrons. The summed E-state index contributed by atoms with van der Waals surface area (Å²) in [5, 5.41) is 0. The van der Waals surface area contributed by atoms with Gasteiger partial charge in [-0.05, 0) is 48.4 Å². The zero-order valence-electron chi connectivity index (χ0n) is 18.1. The minimum Gasteiger partial charge on any atom is -0.493 e. The number of rotatable bonds is 6. The van der Waals surface area contributed by atoms with E-state index in [0.29, 0.717) is 26.3 Å². The molecule has 0 radical (unpaired) electrons. The van der Waals surface area contributed by atoms with Crippen LogP contribution in [0.5, 0.6) is 11.5 Å². The molecule has 1 unspecified atom stereocenters. The smallest absolute Gasteiger partial charge is 0.343 e. The predicted octanol–water partition coefficient (Wildman–Crippen LogP) is 5.88. The summed E-state index contributed by atoms with van der Waals surface area (Å²) in [6.45, 7) is 1.96. The molecule has 5 nitrogen and oxygen atoms in total. The van der Waals surface area contributed by atoms with Crippen LogP contribution >= 0.6 is 24.0 Å². The van der Waals surface area contributed by atoms with E-state index in [9.17, 15) is 9.59 Å². The summed E-state index contributed by atoms with van der Waals surface area (Å²) in [5.74, 6) is 0.0761. The Morgan fingerprint density at radius 3 is 2.33 bits per heavy atom. The van der Waals surface area contributed by atoms with Gasteiger partial charge in [0.25, 0.3) is 5.91 Å². The van der Waals surface area contributed by atoms with Crippen molar-refractivity contribution in [3.63, 3.8) is 0 Å². The molecule has 0 aromatic heterocycles. The Morgan fingerprint density at radius 2 is 1.67 bits per heavy atom. The third kappa shape index (κ3) is 4.99. The number of thiocarbonyl (C=S) groups is 1. The molecule has 0 bridgehead atoms. The lowest BCUT2D eigenvalue weighted by molar-refractivity contribution is -0.123. The molecule has 1 aliphatic heterocycles. The van der Waals surface area contributed by atoms with Crippen molar-refractivity contribution in [2.45, 2.75) is 13.0 Å². The summed E-state index contributed by atoms with van der Waals surface area (Å²) in [6.07, 6.45) is 1.77. The van der Waals surface area contributed by atoms with Crippen LogP contribution in [0, 0.1) is 0 Å². The van der Waals surface area contributed by atoms with Crippen LogP contribution < -0.4 is 9.47 Å². The number of hydrogen-bond acceptors (Lipinski definition) is 6. The molecular formula is C26H21NO4S2. The van der Waals surface area contributed by atoms with Crippen molar-refractivity contribution in [1.82, 2.24) is 4.90 Å². The summed E-state index contributed by atoms with van der Waals surface area (Å²) in [5.41, 5.74) is 2.19. The number of carbonyl (C=O) groups is 2. The Kier molecular flexibility index (Phi) is 6.91. The molecule has 0 saturated carbocycles. The van der Waals surface area contributed by atoms with Crippen molar-refractivity contribution in [2.24, 2.45) is 0 Å². The van der Waals surface area contributed by atoms with Crippen molar-refractivity contribution in [3.05, 3.63) is 100 Å². The molecule has 4 rings (SSSR count). The van der Waals surface area contributed by atoms with Crippen molar-refractivity contribution in [3.8, 4) is 11.5 Å². The maximum absolute atomic E-state index is 13.1. The second kappa shape index (κ2) is 10.0. The number of ether oxygens (including phenoxy) is 2. The second-order valence-corrected chi connectivity index (χ2v) is 8.98. The fraction of sp³-hybridized carbons (Fsp3) is 0.115. The van der Waals surface area contributed by atoms with Gasteiger partial charge in [0.15, 0.2) is 11.5 Å². The molecule has 1 saturated heterocycles. The molecule has 1 atom stereocenters. The van der Waals surface area contributed by atoms with Crippen LogP contribution in [0.15, 0.2) is 83.8 Å². The van der Waals surface area contributed by atoms with E-state index in [2.05, 4.69) is 0 Å². The summed E-state index contributed by atoms with van der Waals surface area (Å²) < 4.78 is 11.4. The quantitative estimate of drug-likeness (QED) is 0.192. The molecule has 0 aliphatic carbocycles. The molecule has 1 aliphatic rings. The summed E-state index contributed by atoms with van der Waals surface area (Å²) in [4.78, 5) is 27.7. The van der Waals surface area contributed by atoms with Gasteiger partial charge < -0.3 is 9.47 Å². The van der Waals surface area contributed by atoms with Crippen molar-refractivity contribution >= 4 is 46.3 Å². The van der Waals surface area contributed by atoms with E-state index in [1.165, 1.54) is 18.9 Å². The van der Waals surface area contributed by atoms with Crippen molar-refractivity contribution < 1.29 is 19.1 Å². The van der Waals surface area contributed by atoms with Gasteiger partial charge in [0.1, 0.15) is 4.32 Å². The molecule has 3 aromatic rings. The van der Waals surface area contributed by atoms with Gasteiger partial charge in [0.2, 0.25) is 0 Å². The molecule has 7 heteroatoms. The zero-order chi connectivity index (χ0) is 23.4. The number of methoxy groups -OCH3 is 1. The van der Waals surface area contributed by atoms with Gasteiger partial charge >= 0.3 is 5.97 Å². The van der Waals surface area contributed by atoms with Gasteiger partial charge in [-0.15, -0.1) is 0 Å². The third-order valence-corrected chi connectivity index (χ3v) is 6.52. The van der Waals surface area contributed by atoms with Gasteiger partial charge in [-0.3, -0.25) is 9.69 Å². The third-order valence-electron chi connectivity index (χ3n) is 5.19. The Bertz CT molecular complexity index is 1230. The van der Waals surface area contributed by atoms with E-state index in [1.54, 1.807) is 53.4 Å². The maximum atomic E-state index is 13.1. The van der Waals surface area contributed by atoms with Crippen LogP contribution in [0.3, 0.4) is 0 Å². The Balaban J connectivity index is 1.54. The van der Waals surface area contributed by atoms with Gasteiger partial charge in [-0.25, -0.2) is 4.79 Å². The standard InChI is InChI=1S/C26H21NO4S2/c1-17(19-9-5-3-6-10-19)27-24(28)23(33-26(27)32)16-18-13-14-21(22(15-18)30-2)31-25(29)20-11-7-4-8-12-20/h3-17H,1-2H3/b23-16+. The second-order valence-electron chi connectivity index (χ2n) is 7.30. The average Bonchev–Trinajstić information content (AvgIpc) is 3.13. The van der Waals surface area contributed by atoms with Crippen LogP contribution in [0.2, 0.25) is 0 Å². The van der Waals surface area contributed by atoms with Gasteiger partial charge in [-0.2, -0.15) is 0 Å². The van der Waals surface area contributed by atoms with Crippen LogP contribution in [-0.4, -0.2) is 28.2 Å².